The molecule has 0 bridgehead atoms. The third kappa shape index (κ3) is 4.64. The molecule has 10 heteroatoms. The van der Waals surface area contributed by atoms with E-state index in [-0.39, 0.29) is 25.2 Å². The maximum absolute atomic E-state index is 12.9. The zero-order chi connectivity index (χ0) is 21.2. The maximum Gasteiger partial charge on any atom is 0.453 e. The molecule has 0 atom stereocenters. The normalized spacial score (nSPS) is 11.7. The number of hydrogen-bond donors (Lipinski definition) is 0. The molecule has 29 heavy (non-hydrogen) atoms. The molecule has 0 fully saturated rings. The van der Waals surface area contributed by atoms with Gasteiger partial charge in [-0.1, -0.05) is 12.1 Å². The van der Waals surface area contributed by atoms with Gasteiger partial charge >= 0.3 is 12.1 Å². The minimum atomic E-state index is -4.65. The molecule has 0 amide bonds. The number of esters is 1. The Bertz CT molecular complexity index is 1050. The van der Waals surface area contributed by atoms with E-state index in [0.717, 1.165) is 10.1 Å². The minimum absolute atomic E-state index is 0.0552. The van der Waals surface area contributed by atoms with Crippen LogP contribution < -0.4 is 4.74 Å². The second-order valence-electron chi connectivity index (χ2n) is 6.42. The van der Waals surface area contributed by atoms with Gasteiger partial charge in [-0.25, -0.2) is 9.50 Å². The number of methoxy groups -OCH3 is 1. The fraction of sp³-hybridized carbons (Fsp3) is 0.368. The van der Waals surface area contributed by atoms with Crippen LogP contribution in [0, 0.1) is 13.8 Å². The highest BCUT2D eigenvalue weighted by molar-refractivity contribution is 5.69. The van der Waals surface area contributed by atoms with E-state index >= 15 is 0 Å². The number of hydrogen-bond acceptors (Lipinski definition) is 6. The number of benzene rings is 1. The number of carbonyl (C=O) groups excluding carboxylic acids is 1. The zero-order valence-corrected chi connectivity index (χ0v) is 16.1. The van der Waals surface area contributed by atoms with Crippen molar-refractivity contribution in [2.45, 2.75) is 39.5 Å². The van der Waals surface area contributed by atoms with Gasteiger partial charge < -0.3 is 9.47 Å². The van der Waals surface area contributed by atoms with E-state index in [9.17, 15) is 18.0 Å². The number of aromatic nitrogens is 4. The van der Waals surface area contributed by atoms with Crippen LogP contribution in [0.3, 0.4) is 0 Å². The highest BCUT2D eigenvalue weighted by Crippen LogP contribution is 2.27. The highest BCUT2D eigenvalue weighted by Gasteiger charge is 2.36. The molecule has 0 unspecified atom stereocenters. The molecular formula is C19H19F3N4O3. The van der Waals surface area contributed by atoms with Crippen LogP contribution in [-0.2, 0) is 28.7 Å². The molecule has 2 aromatic heterocycles. The monoisotopic (exact) mass is 408 g/mol. The van der Waals surface area contributed by atoms with Crippen molar-refractivity contribution < 1.29 is 27.4 Å². The first-order chi connectivity index (χ1) is 13.7. The molecule has 0 N–H and O–H groups in total. The third-order valence-corrected chi connectivity index (χ3v) is 4.42. The number of fused-ring (bicyclic) bond motifs is 1. The van der Waals surface area contributed by atoms with Gasteiger partial charge in [-0.3, -0.25) is 4.79 Å². The number of nitrogens with zero attached hydrogens (tertiary/aromatic N) is 4. The summed E-state index contributed by atoms with van der Waals surface area (Å²) in [5.74, 6) is -1.14. The summed E-state index contributed by atoms with van der Waals surface area (Å²) >= 11 is 0. The van der Waals surface area contributed by atoms with Gasteiger partial charge in [0.2, 0.25) is 0 Å². The van der Waals surface area contributed by atoms with E-state index in [0.29, 0.717) is 22.7 Å². The number of rotatable bonds is 6. The van der Waals surface area contributed by atoms with E-state index < -0.39 is 18.0 Å². The Morgan fingerprint density at radius 3 is 2.66 bits per heavy atom. The van der Waals surface area contributed by atoms with E-state index in [1.807, 2.05) is 6.07 Å². The summed E-state index contributed by atoms with van der Waals surface area (Å²) in [5.41, 5.74) is 2.37. The van der Waals surface area contributed by atoms with Crippen molar-refractivity contribution in [3.8, 4) is 5.75 Å². The van der Waals surface area contributed by atoms with Crippen molar-refractivity contribution >= 4 is 11.7 Å². The summed E-state index contributed by atoms with van der Waals surface area (Å²) in [6, 6.07) is 7.16. The van der Waals surface area contributed by atoms with Gasteiger partial charge in [-0.2, -0.15) is 18.2 Å². The average Bonchev–Trinajstić information content (AvgIpc) is 3.11. The first-order valence-corrected chi connectivity index (χ1v) is 8.77. The van der Waals surface area contributed by atoms with Crippen LogP contribution in [0.25, 0.3) is 5.78 Å². The molecule has 2 heterocycles. The minimum Gasteiger partial charge on any atom is -0.497 e. The van der Waals surface area contributed by atoms with Gasteiger partial charge in [0.15, 0.2) is 0 Å². The van der Waals surface area contributed by atoms with Crippen LogP contribution >= 0.6 is 0 Å². The lowest BCUT2D eigenvalue weighted by molar-refractivity contribution is -0.145. The summed E-state index contributed by atoms with van der Waals surface area (Å²) in [6.45, 7) is 3.38. The number of aryl methyl sites for hydroxylation is 2. The van der Waals surface area contributed by atoms with Crippen molar-refractivity contribution in [2.24, 2.45) is 0 Å². The first-order valence-electron chi connectivity index (χ1n) is 8.77. The highest BCUT2D eigenvalue weighted by atomic mass is 19.4. The molecule has 3 aromatic rings. The fourth-order valence-corrected chi connectivity index (χ4v) is 2.92. The van der Waals surface area contributed by atoms with Crippen LogP contribution in [0.2, 0.25) is 0 Å². The quantitative estimate of drug-likeness (QED) is 0.582. The molecule has 0 saturated carbocycles. The summed E-state index contributed by atoms with van der Waals surface area (Å²) < 4.78 is 50.0. The standard InChI is InChI=1S/C19H19F3N4O3/c1-11-15(12(2)26-18(23-11)24-17(25-26)19(20,21)22)7-8-16(27)29-10-13-5-4-6-14(9-13)28-3/h4-6,9H,7-8,10H2,1-3H3. The largest absolute Gasteiger partial charge is 0.497 e. The first kappa shape index (κ1) is 20.6. The number of ether oxygens (including phenoxy) is 2. The number of alkyl halides is 3. The molecule has 154 valence electrons. The van der Waals surface area contributed by atoms with Crippen LogP contribution in [0.1, 0.15) is 34.8 Å². The van der Waals surface area contributed by atoms with Crippen molar-refractivity contribution in [2.75, 3.05) is 7.11 Å². The average molecular weight is 408 g/mol. The number of halogens is 3. The fourth-order valence-electron chi connectivity index (χ4n) is 2.92. The van der Waals surface area contributed by atoms with Crippen LogP contribution in [0.5, 0.6) is 5.75 Å². The van der Waals surface area contributed by atoms with E-state index in [4.69, 9.17) is 9.47 Å². The summed E-state index contributed by atoms with van der Waals surface area (Å²) in [6.07, 6.45) is -4.34. The molecule has 0 radical (unpaired) electrons. The second kappa shape index (κ2) is 8.06. The Balaban J connectivity index is 1.68. The SMILES string of the molecule is COc1cccc(COC(=O)CCc2c(C)nc3nc(C(F)(F)F)nn3c2C)c1. The smallest absolute Gasteiger partial charge is 0.453 e. The van der Waals surface area contributed by atoms with Crippen molar-refractivity contribution in [1.82, 2.24) is 19.6 Å². The lowest BCUT2D eigenvalue weighted by atomic mass is 10.1. The van der Waals surface area contributed by atoms with Crippen LogP contribution in [0.15, 0.2) is 24.3 Å². The molecule has 3 rings (SSSR count). The van der Waals surface area contributed by atoms with E-state index in [1.165, 1.54) is 0 Å². The second-order valence-corrected chi connectivity index (χ2v) is 6.42. The third-order valence-electron chi connectivity index (χ3n) is 4.42. The molecular weight excluding hydrogens is 389 g/mol. The van der Waals surface area contributed by atoms with Gasteiger partial charge in [0.25, 0.3) is 11.6 Å². The summed E-state index contributed by atoms with van der Waals surface area (Å²) in [7, 11) is 1.55. The van der Waals surface area contributed by atoms with Crippen molar-refractivity contribution in [1.29, 1.82) is 0 Å². The molecule has 0 aliphatic carbocycles. The topological polar surface area (TPSA) is 78.6 Å². The summed E-state index contributed by atoms with van der Waals surface area (Å²) in [5, 5.41) is 3.49. The molecule has 0 spiro atoms. The van der Waals surface area contributed by atoms with Gasteiger partial charge in [0, 0.05) is 17.8 Å². The Labute approximate surface area is 164 Å². The number of carbonyl (C=O) groups is 1. The van der Waals surface area contributed by atoms with Gasteiger partial charge in [0.1, 0.15) is 12.4 Å². The Kier molecular flexibility index (Phi) is 5.71. The Morgan fingerprint density at radius 1 is 1.21 bits per heavy atom. The molecule has 0 aliphatic rings. The molecule has 0 saturated heterocycles. The molecule has 0 aliphatic heterocycles. The Hall–Kier alpha value is -3.17. The molecule has 1 aromatic carbocycles. The van der Waals surface area contributed by atoms with Crippen molar-refractivity contribution in [3.05, 3.63) is 52.6 Å². The van der Waals surface area contributed by atoms with Gasteiger partial charge in [0.05, 0.1) is 7.11 Å². The lowest BCUT2D eigenvalue weighted by Gasteiger charge is -2.10. The lowest BCUT2D eigenvalue weighted by Crippen LogP contribution is -2.11. The zero-order valence-electron chi connectivity index (χ0n) is 16.1. The van der Waals surface area contributed by atoms with Crippen molar-refractivity contribution in [3.63, 3.8) is 0 Å². The van der Waals surface area contributed by atoms with Gasteiger partial charge in [-0.05, 0) is 43.5 Å². The molecule has 7 nitrogen and oxygen atoms in total. The van der Waals surface area contributed by atoms with E-state index in [2.05, 4.69) is 15.1 Å². The summed E-state index contributed by atoms with van der Waals surface area (Å²) in [4.78, 5) is 19.6. The van der Waals surface area contributed by atoms with Crippen LogP contribution in [-0.4, -0.2) is 32.7 Å². The van der Waals surface area contributed by atoms with E-state index in [1.54, 1.807) is 39.2 Å². The van der Waals surface area contributed by atoms with Crippen LogP contribution in [0.4, 0.5) is 13.2 Å². The predicted molar refractivity (Wildman–Crippen MR) is 96.4 cm³/mol. The maximum atomic E-state index is 12.9. The Morgan fingerprint density at radius 2 is 1.97 bits per heavy atom. The predicted octanol–water partition coefficient (Wildman–Crippen LogP) is 3.44. The van der Waals surface area contributed by atoms with Gasteiger partial charge in [-0.15, -0.1) is 5.10 Å².